The van der Waals surface area contributed by atoms with Crippen LogP contribution >= 0.6 is 11.6 Å². The fourth-order valence-electron chi connectivity index (χ4n) is 4.28. The zero-order chi connectivity index (χ0) is 20.9. The van der Waals surface area contributed by atoms with Gasteiger partial charge in [-0.1, -0.05) is 18.5 Å². The summed E-state index contributed by atoms with van der Waals surface area (Å²) in [7, 11) is -3.60. The molecule has 0 aromatic heterocycles. The van der Waals surface area contributed by atoms with Crippen molar-refractivity contribution < 1.29 is 13.2 Å². The number of amides is 1. The van der Waals surface area contributed by atoms with Gasteiger partial charge in [-0.2, -0.15) is 4.31 Å². The standard InChI is InChI=1S/C21H32ClN3O3S/c1-17-5-2-12-24(15-17)13-4-11-23-21(26)18-6-3-14-25(16-18)29(27,28)20-9-7-19(22)8-10-20/h7-10,17-18H,2-6,11-16H2,1H3,(H,23,26)/t17-,18+/m0/s1. The molecule has 0 radical (unpaired) electrons. The number of likely N-dealkylation sites (tertiary alicyclic amines) is 1. The molecule has 0 bridgehead atoms. The summed E-state index contributed by atoms with van der Waals surface area (Å²) < 4.78 is 27.2. The first-order valence-corrected chi connectivity index (χ1v) is 12.4. The molecule has 2 aliphatic heterocycles. The van der Waals surface area contributed by atoms with Gasteiger partial charge in [-0.25, -0.2) is 8.42 Å². The Balaban J connectivity index is 1.47. The average Bonchev–Trinajstić information content (AvgIpc) is 2.71. The number of nitrogens with zero attached hydrogens (tertiary/aromatic N) is 2. The number of hydrogen-bond acceptors (Lipinski definition) is 4. The highest BCUT2D eigenvalue weighted by molar-refractivity contribution is 7.89. The third-order valence-electron chi connectivity index (χ3n) is 5.90. The van der Waals surface area contributed by atoms with Gasteiger partial charge >= 0.3 is 0 Å². The summed E-state index contributed by atoms with van der Waals surface area (Å²) in [6.45, 7) is 6.92. The lowest BCUT2D eigenvalue weighted by atomic mass is 9.99. The van der Waals surface area contributed by atoms with E-state index < -0.39 is 10.0 Å². The molecule has 8 heteroatoms. The Bertz CT molecular complexity index is 785. The first-order valence-electron chi connectivity index (χ1n) is 10.6. The van der Waals surface area contributed by atoms with E-state index in [1.807, 2.05) is 0 Å². The van der Waals surface area contributed by atoms with Gasteiger partial charge in [-0.05, 0) is 75.4 Å². The summed E-state index contributed by atoms with van der Waals surface area (Å²) >= 11 is 5.86. The molecule has 1 amide bonds. The largest absolute Gasteiger partial charge is 0.356 e. The maximum absolute atomic E-state index is 12.9. The predicted molar refractivity (Wildman–Crippen MR) is 115 cm³/mol. The zero-order valence-corrected chi connectivity index (χ0v) is 18.7. The molecular formula is C21H32ClN3O3S. The first kappa shape index (κ1) is 22.5. The van der Waals surface area contributed by atoms with E-state index in [2.05, 4.69) is 17.1 Å². The van der Waals surface area contributed by atoms with Crippen LogP contribution in [0.2, 0.25) is 5.02 Å². The summed E-state index contributed by atoms with van der Waals surface area (Å²) in [6.07, 6.45) is 4.91. The highest BCUT2D eigenvalue weighted by Crippen LogP contribution is 2.25. The van der Waals surface area contributed by atoms with Crippen molar-refractivity contribution in [3.8, 4) is 0 Å². The quantitative estimate of drug-likeness (QED) is 0.660. The number of hydrogen-bond donors (Lipinski definition) is 1. The van der Waals surface area contributed by atoms with Crippen LogP contribution in [0, 0.1) is 11.8 Å². The lowest BCUT2D eigenvalue weighted by Crippen LogP contribution is -2.45. The van der Waals surface area contributed by atoms with Gasteiger partial charge in [-0.15, -0.1) is 0 Å². The average molecular weight is 442 g/mol. The second-order valence-electron chi connectivity index (χ2n) is 8.35. The van der Waals surface area contributed by atoms with Gasteiger partial charge in [-0.3, -0.25) is 4.79 Å². The molecule has 6 nitrogen and oxygen atoms in total. The number of halogens is 1. The molecule has 0 spiro atoms. The molecule has 3 rings (SSSR count). The molecule has 162 valence electrons. The van der Waals surface area contributed by atoms with Crippen molar-refractivity contribution in [2.75, 3.05) is 39.3 Å². The Morgan fingerprint density at radius 1 is 1.14 bits per heavy atom. The molecule has 2 aliphatic rings. The highest BCUT2D eigenvalue weighted by Gasteiger charge is 2.33. The summed E-state index contributed by atoms with van der Waals surface area (Å²) in [5, 5.41) is 3.52. The van der Waals surface area contributed by atoms with Crippen molar-refractivity contribution in [2.24, 2.45) is 11.8 Å². The molecule has 2 heterocycles. The summed E-state index contributed by atoms with van der Waals surface area (Å²) in [6, 6.07) is 6.18. The van der Waals surface area contributed by atoms with E-state index in [1.54, 1.807) is 12.1 Å². The van der Waals surface area contributed by atoms with E-state index in [9.17, 15) is 13.2 Å². The molecule has 0 saturated carbocycles. The van der Waals surface area contributed by atoms with Gasteiger partial charge < -0.3 is 10.2 Å². The molecule has 2 saturated heterocycles. The van der Waals surface area contributed by atoms with Crippen LogP contribution in [0.1, 0.15) is 39.0 Å². The fraction of sp³-hybridized carbons (Fsp3) is 0.667. The van der Waals surface area contributed by atoms with E-state index in [4.69, 9.17) is 11.6 Å². The third kappa shape index (κ3) is 6.17. The molecule has 1 aromatic carbocycles. The number of piperidine rings is 2. The van der Waals surface area contributed by atoms with Gasteiger partial charge in [0.15, 0.2) is 0 Å². The van der Waals surface area contributed by atoms with Gasteiger partial charge in [0.2, 0.25) is 15.9 Å². The van der Waals surface area contributed by atoms with E-state index >= 15 is 0 Å². The second-order valence-corrected chi connectivity index (χ2v) is 10.7. The van der Waals surface area contributed by atoms with E-state index in [0.717, 1.165) is 38.4 Å². The fourth-order valence-corrected chi connectivity index (χ4v) is 5.93. The molecular weight excluding hydrogens is 410 g/mol. The van der Waals surface area contributed by atoms with Crippen molar-refractivity contribution >= 4 is 27.5 Å². The van der Waals surface area contributed by atoms with E-state index in [0.29, 0.717) is 24.5 Å². The number of carbonyl (C=O) groups excluding carboxylic acids is 1. The van der Waals surface area contributed by atoms with Gasteiger partial charge in [0, 0.05) is 31.2 Å². The van der Waals surface area contributed by atoms with E-state index in [1.165, 1.54) is 29.3 Å². The Morgan fingerprint density at radius 2 is 1.86 bits per heavy atom. The minimum Gasteiger partial charge on any atom is -0.356 e. The lowest BCUT2D eigenvalue weighted by molar-refractivity contribution is -0.126. The van der Waals surface area contributed by atoms with Crippen LogP contribution in [0.4, 0.5) is 0 Å². The van der Waals surface area contributed by atoms with Crippen molar-refractivity contribution in [2.45, 2.75) is 43.9 Å². The van der Waals surface area contributed by atoms with Crippen LogP contribution < -0.4 is 5.32 Å². The number of nitrogens with one attached hydrogen (secondary N) is 1. The molecule has 0 unspecified atom stereocenters. The molecule has 29 heavy (non-hydrogen) atoms. The third-order valence-corrected chi connectivity index (χ3v) is 8.03. The van der Waals surface area contributed by atoms with Crippen LogP contribution in [0.3, 0.4) is 0 Å². The predicted octanol–water partition coefficient (Wildman–Crippen LogP) is 2.98. The second kappa shape index (κ2) is 10.2. The topological polar surface area (TPSA) is 69.7 Å². The summed E-state index contributed by atoms with van der Waals surface area (Å²) in [5.41, 5.74) is 0. The van der Waals surface area contributed by atoms with Crippen LogP contribution in [-0.4, -0.2) is 62.8 Å². The Morgan fingerprint density at radius 3 is 2.59 bits per heavy atom. The zero-order valence-electron chi connectivity index (χ0n) is 17.1. The highest BCUT2D eigenvalue weighted by atomic mass is 35.5. The smallest absolute Gasteiger partial charge is 0.243 e. The Kier molecular flexibility index (Phi) is 7.96. The number of benzene rings is 1. The van der Waals surface area contributed by atoms with Crippen LogP contribution in [0.15, 0.2) is 29.2 Å². The number of carbonyl (C=O) groups is 1. The molecule has 2 atom stereocenters. The van der Waals surface area contributed by atoms with Crippen LogP contribution in [-0.2, 0) is 14.8 Å². The number of sulfonamides is 1. The minimum absolute atomic E-state index is 0.0342. The van der Waals surface area contributed by atoms with Gasteiger partial charge in [0.25, 0.3) is 0 Å². The summed E-state index contributed by atoms with van der Waals surface area (Å²) in [4.78, 5) is 15.3. The Labute approximate surface area is 179 Å². The SMILES string of the molecule is C[C@H]1CCCN(CCCNC(=O)[C@@H]2CCCN(S(=O)(=O)c3ccc(Cl)cc3)C2)C1. The van der Waals surface area contributed by atoms with E-state index in [-0.39, 0.29) is 23.3 Å². The van der Waals surface area contributed by atoms with Crippen molar-refractivity contribution in [3.63, 3.8) is 0 Å². The van der Waals surface area contributed by atoms with Gasteiger partial charge in [0.05, 0.1) is 10.8 Å². The molecule has 1 N–H and O–H groups in total. The maximum Gasteiger partial charge on any atom is 0.243 e. The number of rotatable bonds is 7. The van der Waals surface area contributed by atoms with Crippen molar-refractivity contribution in [3.05, 3.63) is 29.3 Å². The maximum atomic E-state index is 12.9. The first-order chi connectivity index (χ1) is 13.9. The monoisotopic (exact) mass is 441 g/mol. The Hall–Kier alpha value is -1.15. The van der Waals surface area contributed by atoms with Gasteiger partial charge in [0.1, 0.15) is 0 Å². The lowest BCUT2D eigenvalue weighted by Gasteiger charge is -2.32. The van der Waals surface area contributed by atoms with Crippen molar-refractivity contribution in [1.29, 1.82) is 0 Å². The van der Waals surface area contributed by atoms with Crippen LogP contribution in [0.25, 0.3) is 0 Å². The summed E-state index contributed by atoms with van der Waals surface area (Å²) in [5.74, 6) is 0.433. The minimum atomic E-state index is -3.60. The normalized spacial score (nSPS) is 24.3. The molecule has 1 aromatic rings. The van der Waals surface area contributed by atoms with Crippen molar-refractivity contribution in [1.82, 2.24) is 14.5 Å². The molecule has 0 aliphatic carbocycles. The van der Waals surface area contributed by atoms with Crippen LogP contribution in [0.5, 0.6) is 0 Å². The molecule has 2 fully saturated rings.